The highest BCUT2D eigenvalue weighted by Crippen LogP contribution is 2.09. The molecule has 0 aliphatic carbocycles. The average Bonchev–Trinajstić information content (AvgIpc) is 2.48. The van der Waals surface area contributed by atoms with Gasteiger partial charge in [0, 0.05) is 38.2 Å². The van der Waals surface area contributed by atoms with E-state index in [1.807, 2.05) is 0 Å². The summed E-state index contributed by atoms with van der Waals surface area (Å²) in [5, 5.41) is 0. The predicted molar refractivity (Wildman–Crippen MR) is 93.0 cm³/mol. The van der Waals surface area contributed by atoms with E-state index in [2.05, 4.69) is 16.7 Å². The van der Waals surface area contributed by atoms with Crippen LogP contribution in [0.25, 0.3) is 0 Å². The molecule has 2 rings (SSSR count). The smallest absolute Gasteiger partial charge is 0.162 e. The lowest BCUT2D eigenvalue weighted by molar-refractivity contribution is 0.0963. The SMILES string of the molecule is CCN1CCN(CCCC(=O)c2ccc(F)cc2)CC1.Cl.Cl. The fourth-order valence-corrected chi connectivity index (χ4v) is 2.57. The van der Waals surface area contributed by atoms with E-state index >= 15 is 0 Å². The summed E-state index contributed by atoms with van der Waals surface area (Å²) < 4.78 is 12.8. The van der Waals surface area contributed by atoms with Crippen LogP contribution < -0.4 is 0 Å². The van der Waals surface area contributed by atoms with Gasteiger partial charge in [-0.3, -0.25) is 4.79 Å². The van der Waals surface area contributed by atoms with E-state index in [1.165, 1.54) is 12.1 Å². The zero-order valence-corrected chi connectivity index (χ0v) is 14.6. The summed E-state index contributed by atoms with van der Waals surface area (Å²) in [7, 11) is 0. The van der Waals surface area contributed by atoms with Crippen molar-refractivity contribution in [2.45, 2.75) is 19.8 Å². The summed E-state index contributed by atoms with van der Waals surface area (Å²) in [6.07, 6.45) is 1.42. The molecule has 0 unspecified atom stereocenters. The van der Waals surface area contributed by atoms with Crippen LogP contribution >= 0.6 is 24.8 Å². The molecule has 22 heavy (non-hydrogen) atoms. The molecule has 0 saturated carbocycles. The van der Waals surface area contributed by atoms with Crippen LogP contribution in [-0.2, 0) is 0 Å². The fraction of sp³-hybridized carbons (Fsp3) is 0.562. The van der Waals surface area contributed by atoms with Crippen molar-refractivity contribution in [1.29, 1.82) is 0 Å². The van der Waals surface area contributed by atoms with Crippen molar-refractivity contribution in [2.75, 3.05) is 39.3 Å². The van der Waals surface area contributed by atoms with Crippen LogP contribution in [0.2, 0.25) is 0 Å². The Morgan fingerprint density at radius 1 is 1.05 bits per heavy atom. The van der Waals surface area contributed by atoms with Gasteiger partial charge in [0.05, 0.1) is 0 Å². The highest BCUT2D eigenvalue weighted by atomic mass is 35.5. The first kappa shape index (κ1) is 21.3. The Morgan fingerprint density at radius 3 is 2.14 bits per heavy atom. The minimum Gasteiger partial charge on any atom is -0.301 e. The number of carbonyl (C=O) groups is 1. The second-order valence-corrected chi connectivity index (χ2v) is 5.31. The molecule has 0 bridgehead atoms. The van der Waals surface area contributed by atoms with E-state index in [0.29, 0.717) is 12.0 Å². The van der Waals surface area contributed by atoms with Gasteiger partial charge in [-0.05, 0) is 43.8 Å². The van der Waals surface area contributed by atoms with Gasteiger partial charge in [0.15, 0.2) is 5.78 Å². The summed E-state index contributed by atoms with van der Waals surface area (Å²) in [5.41, 5.74) is 0.613. The van der Waals surface area contributed by atoms with Gasteiger partial charge in [-0.2, -0.15) is 0 Å². The van der Waals surface area contributed by atoms with Crippen LogP contribution in [0, 0.1) is 5.82 Å². The van der Waals surface area contributed by atoms with Gasteiger partial charge in [0.25, 0.3) is 0 Å². The van der Waals surface area contributed by atoms with E-state index in [9.17, 15) is 9.18 Å². The van der Waals surface area contributed by atoms with Crippen molar-refractivity contribution in [3.05, 3.63) is 35.6 Å². The number of ketones is 1. The monoisotopic (exact) mass is 350 g/mol. The van der Waals surface area contributed by atoms with Crippen LogP contribution in [0.1, 0.15) is 30.1 Å². The highest BCUT2D eigenvalue weighted by Gasteiger charge is 2.15. The highest BCUT2D eigenvalue weighted by molar-refractivity contribution is 5.95. The Bertz CT molecular complexity index is 434. The summed E-state index contributed by atoms with van der Waals surface area (Å²) >= 11 is 0. The molecule has 0 aromatic heterocycles. The minimum absolute atomic E-state index is 0. The fourth-order valence-electron chi connectivity index (χ4n) is 2.57. The van der Waals surface area contributed by atoms with Crippen LogP contribution in [0.15, 0.2) is 24.3 Å². The maximum absolute atomic E-state index is 12.8. The Hall–Kier alpha value is -0.680. The Morgan fingerprint density at radius 2 is 1.59 bits per heavy atom. The third kappa shape index (κ3) is 6.61. The lowest BCUT2D eigenvalue weighted by atomic mass is 10.1. The van der Waals surface area contributed by atoms with Crippen LogP contribution in [0.4, 0.5) is 4.39 Å². The van der Waals surface area contributed by atoms with Crippen molar-refractivity contribution in [3.8, 4) is 0 Å². The molecule has 0 N–H and O–H groups in total. The number of hydrogen-bond donors (Lipinski definition) is 0. The molecule has 1 heterocycles. The predicted octanol–water partition coefficient (Wildman–Crippen LogP) is 3.27. The lowest BCUT2D eigenvalue weighted by Gasteiger charge is -2.33. The maximum atomic E-state index is 12.8. The number of hydrogen-bond acceptors (Lipinski definition) is 3. The number of carbonyl (C=O) groups excluding carboxylic acids is 1. The molecule has 0 amide bonds. The quantitative estimate of drug-likeness (QED) is 0.735. The molecular formula is C16H25Cl2FN2O. The number of benzene rings is 1. The number of nitrogens with zero attached hydrogens (tertiary/aromatic N) is 2. The lowest BCUT2D eigenvalue weighted by Crippen LogP contribution is -2.46. The molecule has 1 aliphatic heterocycles. The first-order chi connectivity index (χ1) is 9.69. The van der Waals surface area contributed by atoms with Gasteiger partial charge < -0.3 is 9.80 Å². The molecule has 0 atom stereocenters. The summed E-state index contributed by atoms with van der Waals surface area (Å²) in [6, 6.07) is 5.82. The van der Waals surface area contributed by atoms with Gasteiger partial charge in [0.1, 0.15) is 5.82 Å². The van der Waals surface area contributed by atoms with E-state index in [1.54, 1.807) is 12.1 Å². The standard InChI is InChI=1S/C16H23FN2O.2ClH/c1-2-18-10-12-19(13-11-18)9-3-4-16(20)14-5-7-15(17)8-6-14;;/h5-8H,2-4,9-13H2,1H3;2*1H. The van der Waals surface area contributed by atoms with Gasteiger partial charge >= 0.3 is 0 Å². The number of Topliss-reactive ketones (excluding diaryl/α,β-unsaturated/α-hetero) is 1. The molecule has 0 spiro atoms. The Labute approximate surface area is 144 Å². The first-order valence-corrected chi connectivity index (χ1v) is 7.42. The van der Waals surface area contributed by atoms with Crippen molar-refractivity contribution < 1.29 is 9.18 Å². The largest absolute Gasteiger partial charge is 0.301 e. The van der Waals surface area contributed by atoms with E-state index in [0.717, 1.165) is 45.7 Å². The Balaban J connectivity index is 0.00000220. The normalized spacial score (nSPS) is 15.7. The third-order valence-corrected chi connectivity index (χ3v) is 3.96. The van der Waals surface area contributed by atoms with Crippen molar-refractivity contribution in [3.63, 3.8) is 0 Å². The van der Waals surface area contributed by atoms with E-state index in [4.69, 9.17) is 0 Å². The van der Waals surface area contributed by atoms with Gasteiger partial charge in [-0.1, -0.05) is 6.92 Å². The molecule has 3 nitrogen and oxygen atoms in total. The maximum Gasteiger partial charge on any atom is 0.162 e. The van der Waals surface area contributed by atoms with Crippen LogP contribution in [-0.4, -0.2) is 54.9 Å². The molecule has 1 fully saturated rings. The van der Waals surface area contributed by atoms with Gasteiger partial charge in [-0.25, -0.2) is 4.39 Å². The Kier molecular flexibility index (Phi) is 10.6. The minimum atomic E-state index is -0.296. The van der Waals surface area contributed by atoms with Gasteiger partial charge in [-0.15, -0.1) is 24.8 Å². The molecule has 126 valence electrons. The zero-order chi connectivity index (χ0) is 14.4. The molecule has 1 aromatic carbocycles. The zero-order valence-electron chi connectivity index (χ0n) is 13.0. The summed E-state index contributed by atoms with van der Waals surface area (Å²) in [4.78, 5) is 16.8. The van der Waals surface area contributed by atoms with Crippen molar-refractivity contribution in [1.82, 2.24) is 9.80 Å². The molecule has 1 saturated heterocycles. The second-order valence-electron chi connectivity index (χ2n) is 5.31. The van der Waals surface area contributed by atoms with Gasteiger partial charge in [0.2, 0.25) is 0 Å². The molecular weight excluding hydrogens is 326 g/mol. The first-order valence-electron chi connectivity index (χ1n) is 7.42. The number of piperazine rings is 1. The average molecular weight is 351 g/mol. The number of rotatable bonds is 6. The van der Waals surface area contributed by atoms with E-state index in [-0.39, 0.29) is 36.4 Å². The third-order valence-electron chi connectivity index (χ3n) is 3.96. The van der Waals surface area contributed by atoms with Crippen LogP contribution in [0.5, 0.6) is 0 Å². The molecule has 0 radical (unpaired) electrons. The van der Waals surface area contributed by atoms with Crippen LogP contribution in [0.3, 0.4) is 0 Å². The molecule has 1 aliphatic rings. The molecule has 6 heteroatoms. The summed E-state index contributed by atoms with van der Waals surface area (Å²) in [5.74, 6) is -0.187. The number of likely N-dealkylation sites (N-methyl/N-ethyl adjacent to an activating group) is 1. The second kappa shape index (κ2) is 10.9. The molecule has 1 aromatic rings. The number of halogens is 3. The summed E-state index contributed by atoms with van der Waals surface area (Å²) in [6.45, 7) is 8.74. The van der Waals surface area contributed by atoms with Crippen molar-refractivity contribution in [2.24, 2.45) is 0 Å². The van der Waals surface area contributed by atoms with E-state index < -0.39 is 0 Å². The van der Waals surface area contributed by atoms with Crippen molar-refractivity contribution >= 4 is 30.6 Å². The topological polar surface area (TPSA) is 23.6 Å².